The summed E-state index contributed by atoms with van der Waals surface area (Å²) < 4.78 is 10.6. The van der Waals surface area contributed by atoms with Gasteiger partial charge in [0.05, 0.1) is 17.7 Å². The maximum Gasteiger partial charge on any atom is 0.337 e. The second-order valence-electron chi connectivity index (χ2n) is 6.43. The molecule has 0 spiro atoms. The Morgan fingerprint density at radius 2 is 1.96 bits per heavy atom. The Bertz CT molecular complexity index is 1110. The van der Waals surface area contributed by atoms with Gasteiger partial charge in [0.15, 0.2) is 0 Å². The van der Waals surface area contributed by atoms with Gasteiger partial charge in [0.25, 0.3) is 11.8 Å². The summed E-state index contributed by atoms with van der Waals surface area (Å²) in [6.45, 7) is 6.26. The van der Waals surface area contributed by atoms with E-state index in [0.717, 1.165) is 10.9 Å². The molecule has 0 atom stereocenters. The molecule has 8 heteroatoms. The van der Waals surface area contributed by atoms with E-state index in [1.54, 1.807) is 24.3 Å². The number of nitrogens with two attached hydrogens (primary N) is 1. The number of hydrogen-bond acceptors (Lipinski definition) is 6. The fourth-order valence-electron chi connectivity index (χ4n) is 2.73. The fourth-order valence-corrected chi connectivity index (χ4v) is 3.79. The third-order valence-electron chi connectivity index (χ3n) is 4.08. The molecule has 3 rings (SSSR count). The predicted octanol–water partition coefficient (Wildman–Crippen LogP) is 3.73. The molecule has 0 unspecified atom stereocenters. The Labute approximate surface area is 165 Å². The number of benzene rings is 1. The number of rotatable bonds is 6. The fraction of sp³-hybridized carbons (Fsp3) is 0.250. The van der Waals surface area contributed by atoms with Crippen molar-refractivity contribution in [1.29, 1.82) is 0 Å². The molecule has 2 aromatic heterocycles. The second kappa shape index (κ2) is 7.85. The quantitative estimate of drug-likeness (QED) is 0.613. The van der Waals surface area contributed by atoms with Gasteiger partial charge in [-0.05, 0) is 31.0 Å². The van der Waals surface area contributed by atoms with Crippen LogP contribution in [0.25, 0.3) is 11.0 Å². The third kappa shape index (κ3) is 3.91. The molecule has 0 bridgehead atoms. The van der Waals surface area contributed by atoms with E-state index in [9.17, 15) is 14.4 Å². The van der Waals surface area contributed by atoms with Gasteiger partial charge in [0, 0.05) is 22.4 Å². The molecule has 1 aromatic carbocycles. The first-order valence-electron chi connectivity index (χ1n) is 8.75. The van der Waals surface area contributed by atoms with Crippen molar-refractivity contribution in [1.82, 2.24) is 0 Å². The largest absolute Gasteiger partial charge is 0.494 e. The zero-order chi connectivity index (χ0) is 20.4. The number of nitrogens with one attached hydrogen (secondary N) is 1. The van der Waals surface area contributed by atoms with E-state index < -0.39 is 17.4 Å². The van der Waals surface area contributed by atoms with Crippen LogP contribution in [0.5, 0.6) is 5.75 Å². The molecule has 2 heterocycles. The van der Waals surface area contributed by atoms with Gasteiger partial charge in [0.2, 0.25) is 0 Å². The summed E-state index contributed by atoms with van der Waals surface area (Å²) in [5, 5.41) is 3.52. The van der Waals surface area contributed by atoms with Gasteiger partial charge in [-0.25, -0.2) is 4.79 Å². The molecular formula is C20H20N2O5S. The van der Waals surface area contributed by atoms with Crippen molar-refractivity contribution < 1.29 is 18.7 Å². The maximum atomic E-state index is 12.9. The lowest BCUT2D eigenvalue weighted by molar-refractivity contribution is 0.100. The molecule has 0 saturated carbocycles. The molecule has 0 fully saturated rings. The van der Waals surface area contributed by atoms with Gasteiger partial charge < -0.3 is 20.2 Å². The lowest BCUT2D eigenvalue weighted by atomic mass is 10.1. The first-order chi connectivity index (χ1) is 13.3. The molecule has 0 saturated heterocycles. The van der Waals surface area contributed by atoms with Crippen molar-refractivity contribution in [2.24, 2.45) is 5.73 Å². The van der Waals surface area contributed by atoms with Gasteiger partial charge in [-0.15, -0.1) is 11.3 Å². The summed E-state index contributed by atoms with van der Waals surface area (Å²) in [5.74, 6) is -0.444. The van der Waals surface area contributed by atoms with Crippen LogP contribution in [0.2, 0.25) is 0 Å². The van der Waals surface area contributed by atoms with Crippen LogP contribution in [-0.2, 0) is 0 Å². The first kappa shape index (κ1) is 19.6. The Morgan fingerprint density at radius 3 is 2.61 bits per heavy atom. The molecule has 3 N–H and O–H groups in total. The minimum absolute atomic E-state index is 0.143. The average molecular weight is 400 g/mol. The van der Waals surface area contributed by atoms with E-state index in [1.807, 2.05) is 20.8 Å². The molecule has 3 aromatic rings. The van der Waals surface area contributed by atoms with Gasteiger partial charge in [-0.3, -0.25) is 9.59 Å². The Morgan fingerprint density at radius 1 is 1.21 bits per heavy atom. The van der Waals surface area contributed by atoms with E-state index in [4.69, 9.17) is 14.9 Å². The van der Waals surface area contributed by atoms with Gasteiger partial charge in [-0.1, -0.05) is 13.8 Å². The van der Waals surface area contributed by atoms with Crippen LogP contribution in [0.1, 0.15) is 52.3 Å². The number of amides is 2. The van der Waals surface area contributed by atoms with Gasteiger partial charge in [0.1, 0.15) is 16.3 Å². The average Bonchev–Trinajstić information content (AvgIpc) is 3.05. The molecule has 2 amide bonds. The summed E-state index contributed by atoms with van der Waals surface area (Å²) in [6, 6.07) is 7.71. The van der Waals surface area contributed by atoms with Crippen molar-refractivity contribution in [3.63, 3.8) is 0 Å². The highest BCUT2D eigenvalue weighted by molar-refractivity contribution is 7.16. The maximum absolute atomic E-state index is 12.9. The number of hydrogen-bond donors (Lipinski definition) is 2. The van der Waals surface area contributed by atoms with Crippen LogP contribution in [0.3, 0.4) is 0 Å². The second-order valence-corrected chi connectivity index (χ2v) is 7.52. The van der Waals surface area contributed by atoms with Gasteiger partial charge in [-0.2, -0.15) is 0 Å². The number of primary amides is 1. The number of fused-ring (bicyclic) bond motifs is 1. The monoisotopic (exact) mass is 400 g/mol. The van der Waals surface area contributed by atoms with Crippen molar-refractivity contribution in [2.75, 3.05) is 11.9 Å². The van der Waals surface area contributed by atoms with Gasteiger partial charge >= 0.3 is 5.63 Å². The third-order valence-corrected chi connectivity index (χ3v) is 5.44. The van der Waals surface area contributed by atoms with E-state index in [0.29, 0.717) is 22.7 Å². The van der Waals surface area contributed by atoms with E-state index in [1.165, 1.54) is 11.3 Å². The molecule has 0 aliphatic heterocycles. The highest BCUT2D eigenvalue weighted by Gasteiger charge is 2.20. The number of ether oxygens (including phenoxy) is 1. The smallest absolute Gasteiger partial charge is 0.337 e. The zero-order valence-corrected chi connectivity index (χ0v) is 16.5. The number of thiophene rings is 1. The summed E-state index contributed by atoms with van der Waals surface area (Å²) in [5.41, 5.74) is 5.41. The first-order valence-corrected chi connectivity index (χ1v) is 9.57. The lowest BCUT2D eigenvalue weighted by Crippen LogP contribution is -2.18. The summed E-state index contributed by atoms with van der Waals surface area (Å²) in [4.78, 5) is 37.5. The van der Waals surface area contributed by atoms with Crippen molar-refractivity contribution in [3.05, 3.63) is 56.8 Å². The van der Waals surface area contributed by atoms with Crippen molar-refractivity contribution >= 4 is 39.1 Å². The predicted molar refractivity (Wildman–Crippen MR) is 109 cm³/mol. The molecule has 7 nitrogen and oxygen atoms in total. The molecule has 0 aliphatic rings. The molecule has 146 valence electrons. The topological polar surface area (TPSA) is 112 Å². The van der Waals surface area contributed by atoms with Crippen LogP contribution in [-0.4, -0.2) is 18.4 Å². The Hall–Kier alpha value is -3.13. The zero-order valence-electron chi connectivity index (χ0n) is 15.7. The van der Waals surface area contributed by atoms with Crippen LogP contribution in [0.15, 0.2) is 39.5 Å². The van der Waals surface area contributed by atoms with E-state index >= 15 is 0 Å². The number of anilines is 1. The SMILES string of the molecule is CCOc1ccc2c(C(=O)Nc3sc(C(C)C)cc3C(N)=O)cc(=O)oc2c1. The van der Waals surface area contributed by atoms with E-state index in [2.05, 4.69) is 5.32 Å². The minimum Gasteiger partial charge on any atom is -0.494 e. The number of carbonyl (C=O) groups is 2. The Balaban J connectivity index is 2.02. The van der Waals surface area contributed by atoms with Crippen molar-refractivity contribution in [3.8, 4) is 5.75 Å². The van der Waals surface area contributed by atoms with E-state index in [-0.39, 0.29) is 22.6 Å². The molecule has 28 heavy (non-hydrogen) atoms. The normalized spacial score (nSPS) is 11.0. The minimum atomic E-state index is -0.657. The van der Waals surface area contributed by atoms with Crippen molar-refractivity contribution in [2.45, 2.75) is 26.7 Å². The number of carbonyl (C=O) groups excluding carboxylic acids is 2. The highest BCUT2D eigenvalue weighted by atomic mass is 32.1. The summed E-state index contributed by atoms with van der Waals surface area (Å²) in [7, 11) is 0. The van der Waals surface area contributed by atoms with Crippen LogP contribution >= 0.6 is 11.3 Å². The summed E-state index contributed by atoms with van der Waals surface area (Å²) in [6.07, 6.45) is 0. The molecular weight excluding hydrogens is 380 g/mol. The van der Waals surface area contributed by atoms with Crippen LogP contribution in [0, 0.1) is 0 Å². The standard InChI is InChI=1S/C20H20N2O5S/c1-4-26-11-5-6-12-13(9-17(23)27-15(12)7-11)19(25)22-20-14(18(21)24)8-16(28-20)10(2)3/h5-10H,4H2,1-3H3,(H2,21,24)(H,22,25). The molecule has 0 aliphatic carbocycles. The lowest BCUT2D eigenvalue weighted by Gasteiger charge is -2.08. The summed E-state index contributed by atoms with van der Waals surface area (Å²) >= 11 is 1.28. The highest BCUT2D eigenvalue weighted by Crippen LogP contribution is 2.33. The van der Waals surface area contributed by atoms with Crippen LogP contribution < -0.4 is 21.4 Å². The molecule has 0 radical (unpaired) electrons. The Kier molecular flexibility index (Phi) is 5.51. The van der Waals surface area contributed by atoms with Crippen LogP contribution in [0.4, 0.5) is 5.00 Å².